The number of sulfonamides is 1. The smallest absolute Gasteiger partial charge is 0.352 e. The van der Waals surface area contributed by atoms with Gasteiger partial charge in [-0.1, -0.05) is 0 Å². The van der Waals surface area contributed by atoms with Gasteiger partial charge in [-0.3, -0.25) is 4.79 Å². The van der Waals surface area contributed by atoms with E-state index in [-0.39, 0.29) is 23.4 Å². The molecule has 0 unspecified atom stereocenters. The fourth-order valence-electron chi connectivity index (χ4n) is 1.65. The molecule has 5 nitrogen and oxygen atoms in total. The molecule has 1 rings (SSSR count). The molecular weight excluding hydrogens is 309 g/mol. The standard InChI is InChI=1S/C12H15F3N2O3S/c1-8-7-9(21(16,19)20)3-4-10(8)11(18)17-6-2-5-12(13,14)15/h3-4,7H,2,5-6H2,1H3,(H,17,18)(H2,16,19,20). The molecule has 0 heterocycles. The predicted octanol–water partition coefficient (Wildman–Crippen LogP) is 1.71. The highest BCUT2D eigenvalue weighted by Gasteiger charge is 2.26. The summed E-state index contributed by atoms with van der Waals surface area (Å²) in [4.78, 5) is 11.6. The number of hydrogen-bond acceptors (Lipinski definition) is 3. The molecule has 3 N–H and O–H groups in total. The van der Waals surface area contributed by atoms with Crippen LogP contribution in [0, 0.1) is 6.92 Å². The molecule has 1 amide bonds. The van der Waals surface area contributed by atoms with Gasteiger partial charge in [0.05, 0.1) is 4.90 Å². The first kappa shape index (κ1) is 17.4. The van der Waals surface area contributed by atoms with Gasteiger partial charge in [0.25, 0.3) is 5.91 Å². The third-order valence-electron chi connectivity index (χ3n) is 2.69. The van der Waals surface area contributed by atoms with Gasteiger partial charge in [-0.05, 0) is 37.1 Å². The summed E-state index contributed by atoms with van der Waals surface area (Å²) in [6, 6.07) is 3.68. The number of benzene rings is 1. The lowest BCUT2D eigenvalue weighted by molar-refractivity contribution is -0.135. The Balaban J connectivity index is 2.67. The Kier molecular flexibility index (Phi) is 5.35. The van der Waals surface area contributed by atoms with Crippen molar-refractivity contribution in [2.75, 3.05) is 6.54 Å². The normalized spacial score (nSPS) is 12.2. The van der Waals surface area contributed by atoms with Crippen LogP contribution in [0.4, 0.5) is 13.2 Å². The molecular formula is C12H15F3N2O3S. The maximum atomic E-state index is 11.9. The fraction of sp³-hybridized carbons (Fsp3) is 0.417. The second-order valence-corrected chi connectivity index (χ2v) is 6.06. The molecule has 0 aliphatic rings. The van der Waals surface area contributed by atoms with E-state index in [9.17, 15) is 26.4 Å². The minimum atomic E-state index is -4.25. The molecule has 0 aliphatic heterocycles. The van der Waals surface area contributed by atoms with Crippen LogP contribution in [-0.4, -0.2) is 27.0 Å². The molecule has 0 saturated heterocycles. The molecule has 0 spiro atoms. The summed E-state index contributed by atoms with van der Waals surface area (Å²) in [6.45, 7) is 1.40. The molecule has 118 valence electrons. The summed E-state index contributed by atoms with van der Waals surface area (Å²) < 4.78 is 58.1. The van der Waals surface area contributed by atoms with Crippen LogP contribution in [0.25, 0.3) is 0 Å². The number of amides is 1. The van der Waals surface area contributed by atoms with Crippen LogP contribution in [0.3, 0.4) is 0 Å². The molecule has 0 fully saturated rings. The quantitative estimate of drug-likeness (QED) is 0.808. The Morgan fingerprint density at radius 1 is 1.33 bits per heavy atom. The first-order chi connectivity index (χ1) is 9.50. The second-order valence-electron chi connectivity index (χ2n) is 4.50. The maximum absolute atomic E-state index is 11.9. The van der Waals surface area contributed by atoms with Gasteiger partial charge < -0.3 is 5.32 Å². The molecule has 0 aliphatic carbocycles. The Hall–Kier alpha value is -1.61. The zero-order valence-electron chi connectivity index (χ0n) is 11.2. The number of hydrogen-bond donors (Lipinski definition) is 2. The summed E-state index contributed by atoms with van der Waals surface area (Å²) in [7, 11) is -3.86. The Morgan fingerprint density at radius 3 is 2.43 bits per heavy atom. The van der Waals surface area contributed by atoms with Crippen LogP contribution in [-0.2, 0) is 10.0 Å². The van der Waals surface area contributed by atoms with Crippen molar-refractivity contribution in [1.82, 2.24) is 5.32 Å². The van der Waals surface area contributed by atoms with Crippen LogP contribution in [0.15, 0.2) is 23.1 Å². The van der Waals surface area contributed by atoms with E-state index < -0.39 is 28.5 Å². The molecule has 0 radical (unpaired) electrons. The van der Waals surface area contributed by atoms with Gasteiger partial charge in [0.15, 0.2) is 0 Å². The number of alkyl halides is 3. The molecule has 1 aromatic rings. The number of primary sulfonamides is 1. The van der Waals surface area contributed by atoms with Crippen LogP contribution < -0.4 is 10.5 Å². The second kappa shape index (κ2) is 6.44. The predicted molar refractivity (Wildman–Crippen MR) is 70.2 cm³/mol. The Labute approximate surface area is 120 Å². The number of halogens is 3. The minimum absolute atomic E-state index is 0.116. The van der Waals surface area contributed by atoms with Crippen molar-refractivity contribution in [3.8, 4) is 0 Å². The van der Waals surface area contributed by atoms with Gasteiger partial charge >= 0.3 is 6.18 Å². The molecule has 9 heteroatoms. The van der Waals surface area contributed by atoms with Gasteiger partial charge in [-0.15, -0.1) is 0 Å². The van der Waals surface area contributed by atoms with E-state index >= 15 is 0 Å². The third-order valence-corrected chi connectivity index (χ3v) is 3.60. The highest BCUT2D eigenvalue weighted by Crippen LogP contribution is 2.20. The number of carbonyl (C=O) groups is 1. The summed E-state index contributed by atoms with van der Waals surface area (Å²) >= 11 is 0. The van der Waals surface area contributed by atoms with E-state index in [0.29, 0.717) is 5.56 Å². The minimum Gasteiger partial charge on any atom is -0.352 e. The van der Waals surface area contributed by atoms with E-state index in [4.69, 9.17) is 5.14 Å². The summed E-state index contributed by atoms with van der Waals surface area (Å²) in [5.74, 6) is -0.560. The Bertz CT molecular complexity index is 627. The van der Waals surface area contributed by atoms with Crippen LogP contribution >= 0.6 is 0 Å². The average molecular weight is 324 g/mol. The third kappa shape index (κ3) is 5.72. The van der Waals surface area contributed by atoms with E-state index in [2.05, 4.69) is 5.32 Å². The lowest BCUT2D eigenvalue weighted by atomic mass is 10.1. The zero-order valence-corrected chi connectivity index (χ0v) is 12.0. The first-order valence-corrected chi connectivity index (χ1v) is 7.54. The molecule has 0 aromatic heterocycles. The zero-order chi connectivity index (χ0) is 16.3. The van der Waals surface area contributed by atoms with Gasteiger partial charge in [-0.2, -0.15) is 13.2 Å². The lowest BCUT2D eigenvalue weighted by Crippen LogP contribution is -2.26. The maximum Gasteiger partial charge on any atom is 0.389 e. The van der Waals surface area contributed by atoms with E-state index in [1.807, 2.05) is 0 Å². The topological polar surface area (TPSA) is 89.3 Å². The van der Waals surface area contributed by atoms with Crippen molar-refractivity contribution in [1.29, 1.82) is 0 Å². The summed E-state index contributed by atoms with van der Waals surface area (Å²) in [5, 5.41) is 7.31. The van der Waals surface area contributed by atoms with Crippen molar-refractivity contribution in [3.05, 3.63) is 29.3 Å². The number of nitrogens with two attached hydrogens (primary N) is 1. The number of rotatable bonds is 5. The highest BCUT2D eigenvalue weighted by molar-refractivity contribution is 7.89. The molecule has 0 bridgehead atoms. The van der Waals surface area contributed by atoms with Crippen molar-refractivity contribution in [3.63, 3.8) is 0 Å². The lowest BCUT2D eigenvalue weighted by Gasteiger charge is -2.10. The monoisotopic (exact) mass is 324 g/mol. The fourth-order valence-corrected chi connectivity index (χ4v) is 2.25. The van der Waals surface area contributed by atoms with Gasteiger partial charge in [0.1, 0.15) is 0 Å². The summed E-state index contributed by atoms with van der Waals surface area (Å²) in [6.07, 6.45) is -5.45. The molecule has 0 atom stereocenters. The van der Waals surface area contributed by atoms with Gasteiger partial charge in [0.2, 0.25) is 10.0 Å². The largest absolute Gasteiger partial charge is 0.389 e. The van der Waals surface area contributed by atoms with Gasteiger partial charge in [-0.25, -0.2) is 13.6 Å². The van der Waals surface area contributed by atoms with E-state index in [1.54, 1.807) is 0 Å². The van der Waals surface area contributed by atoms with Crippen LogP contribution in [0.5, 0.6) is 0 Å². The summed E-state index contributed by atoms with van der Waals surface area (Å²) in [5.41, 5.74) is 0.559. The van der Waals surface area contributed by atoms with Crippen molar-refractivity contribution in [2.45, 2.75) is 30.8 Å². The van der Waals surface area contributed by atoms with Crippen molar-refractivity contribution < 1.29 is 26.4 Å². The highest BCUT2D eigenvalue weighted by atomic mass is 32.2. The van der Waals surface area contributed by atoms with Crippen molar-refractivity contribution in [2.24, 2.45) is 5.14 Å². The first-order valence-electron chi connectivity index (χ1n) is 5.99. The Morgan fingerprint density at radius 2 is 1.95 bits per heavy atom. The van der Waals surface area contributed by atoms with Crippen LogP contribution in [0.1, 0.15) is 28.8 Å². The number of carbonyl (C=O) groups excluding carboxylic acids is 1. The average Bonchev–Trinajstić information content (AvgIpc) is 2.32. The number of aryl methyl sites for hydroxylation is 1. The molecule has 1 aromatic carbocycles. The van der Waals surface area contributed by atoms with E-state index in [1.165, 1.54) is 25.1 Å². The molecule has 21 heavy (non-hydrogen) atoms. The van der Waals surface area contributed by atoms with Crippen molar-refractivity contribution >= 4 is 15.9 Å². The SMILES string of the molecule is Cc1cc(S(N)(=O)=O)ccc1C(=O)NCCCC(F)(F)F. The number of nitrogens with one attached hydrogen (secondary N) is 1. The molecule has 0 saturated carbocycles. The van der Waals surface area contributed by atoms with Gasteiger partial charge in [0, 0.05) is 18.5 Å². The van der Waals surface area contributed by atoms with Crippen LogP contribution in [0.2, 0.25) is 0 Å². The van der Waals surface area contributed by atoms with E-state index in [0.717, 1.165) is 0 Å².